The van der Waals surface area contributed by atoms with Gasteiger partial charge in [-0.25, -0.2) is 0 Å². The van der Waals surface area contributed by atoms with Gasteiger partial charge in [-0.2, -0.15) is 0 Å². The molecule has 2 rings (SSSR count). The maximum Gasteiger partial charge on any atom is 0.121 e. The minimum atomic E-state index is 0.600. The van der Waals surface area contributed by atoms with Crippen LogP contribution in [-0.2, 0) is 13.0 Å². The summed E-state index contributed by atoms with van der Waals surface area (Å²) in [6.07, 6.45) is 1.06. The molecule has 0 aliphatic rings. The van der Waals surface area contributed by atoms with Crippen LogP contribution in [0.5, 0.6) is 5.75 Å². The number of anilines is 1. The number of ether oxygens (including phenoxy) is 1. The van der Waals surface area contributed by atoms with Gasteiger partial charge in [-0.1, -0.05) is 30.3 Å². The molecule has 3 nitrogen and oxygen atoms in total. The topological polar surface area (TPSA) is 24.5 Å². The molecule has 0 saturated heterocycles. The molecular weight excluding hydrogens is 260 g/mol. The summed E-state index contributed by atoms with van der Waals surface area (Å²) in [6.45, 7) is 1.61. The van der Waals surface area contributed by atoms with Crippen molar-refractivity contribution >= 4 is 5.69 Å². The van der Waals surface area contributed by atoms with E-state index in [0.29, 0.717) is 6.61 Å². The number of rotatable bonds is 7. The van der Waals surface area contributed by atoms with Crippen LogP contribution in [0.1, 0.15) is 11.1 Å². The first-order chi connectivity index (χ1) is 10.2. The zero-order chi connectivity index (χ0) is 15.1. The second-order valence-corrected chi connectivity index (χ2v) is 5.35. The molecule has 0 bridgehead atoms. The summed E-state index contributed by atoms with van der Waals surface area (Å²) < 4.78 is 5.86. The van der Waals surface area contributed by atoms with Gasteiger partial charge in [-0.05, 0) is 43.3 Å². The Balaban J connectivity index is 1.92. The van der Waals surface area contributed by atoms with Crippen LogP contribution >= 0.6 is 0 Å². The molecule has 0 aliphatic carbocycles. The molecule has 0 atom stereocenters. The Morgan fingerprint density at radius 1 is 1.00 bits per heavy atom. The van der Waals surface area contributed by atoms with Crippen molar-refractivity contribution < 1.29 is 4.74 Å². The summed E-state index contributed by atoms with van der Waals surface area (Å²) in [4.78, 5) is 2.07. The van der Waals surface area contributed by atoms with Crippen molar-refractivity contribution in [2.75, 3.05) is 32.6 Å². The van der Waals surface area contributed by atoms with E-state index in [9.17, 15) is 0 Å². The maximum atomic E-state index is 5.86. The molecule has 0 spiro atoms. The van der Waals surface area contributed by atoms with E-state index in [2.05, 4.69) is 46.6 Å². The molecule has 0 unspecified atom stereocenters. The summed E-state index contributed by atoms with van der Waals surface area (Å²) in [5.41, 5.74) is 3.69. The average Bonchev–Trinajstić information content (AvgIpc) is 2.52. The van der Waals surface area contributed by atoms with E-state index in [-0.39, 0.29) is 0 Å². The maximum absolute atomic E-state index is 5.86. The number of hydrogen-bond acceptors (Lipinski definition) is 3. The number of likely N-dealkylation sites (N-methyl/N-ethyl adjacent to an activating group) is 1. The van der Waals surface area contributed by atoms with Crippen LogP contribution in [0.4, 0.5) is 5.69 Å². The Morgan fingerprint density at radius 2 is 1.71 bits per heavy atom. The van der Waals surface area contributed by atoms with Crippen LogP contribution in [0.3, 0.4) is 0 Å². The predicted molar refractivity (Wildman–Crippen MR) is 89.2 cm³/mol. The second kappa shape index (κ2) is 7.70. The highest BCUT2D eigenvalue weighted by atomic mass is 16.5. The van der Waals surface area contributed by atoms with Gasteiger partial charge in [0.05, 0.1) is 0 Å². The van der Waals surface area contributed by atoms with Crippen molar-refractivity contribution in [1.82, 2.24) is 5.32 Å². The third-order valence-electron chi connectivity index (χ3n) is 3.43. The Morgan fingerprint density at radius 3 is 2.38 bits per heavy atom. The van der Waals surface area contributed by atoms with Crippen molar-refractivity contribution in [3.63, 3.8) is 0 Å². The zero-order valence-electron chi connectivity index (χ0n) is 13.1. The van der Waals surface area contributed by atoms with Crippen molar-refractivity contribution in [1.29, 1.82) is 0 Å². The van der Waals surface area contributed by atoms with Gasteiger partial charge in [-0.3, -0.25) is 0 Å². The minimum absolute atomic E-state index is 0.600. The first-order valence-electron chi connectivity index (χ1n) is 7.31. The van der Waals surface area contributed by atoms with E-state index >= 15 is 0 Å². The molecule has 21 heavy (non-hydrogen) atoms. The predicted octanol–water partition coefficient (Wildman–Crippen LogP) is 3.09. The molecule has 3 heteroatoms. The molecule has 0 heterocycles. The third kappa shape index (κ3) is 4.80. The third-order valence-corrected chi connectivity index (χ3v) is 3.43. The second-order valence-electron chi connectivity index (χ2n) is 5.35. The van der Waals surface area contributed by atoms with Crippen molar-refractivity contribution in [2.24, 2.45) is 0 Å². The van der Waals surface area contributed by atoms with Crippen molar-refractivity contribution in [2.45, 2.75) is 13.0 Å². The van der Waals surface area contributed by atoms with E-state index in [1.807, 2.05) is 33.3 Å². The molecule has 112 valence electrons. The van der Waals surface area contributed by atoms with E-state index in [4.69, 9.17) is 4.74 Å². The van der Waals surface area contributed by atoms with Crippen molar-refractivity contribution in [3.05, 3.63) is 59.7 Å². The monoisotopic (exact) mass is 284 g/mol. The fourth-order valence-electron chi connectivity index (χ4n) is 2.09. The number of nitrogens with zero attached hydrogens (tertiary/aromatic N) is 1. The number of hydrogen-bond donors (Lipinski definition) is 1. The van der Waals surface area contributed by atoms with Crippen LogP contribution < -0.4 is 15.0 Å². The van der Waals surface area contributed by atoms with Crippen LogP contribution in [-0.4, -0.2) is 27.7 Å². The van der Waals surface area contributed by atoms with Gasteiger partial charge in [0.15, 0.2) is 0 Å². The van der Waals surface area contributed by atoms with Crippen LogP contribution in [0.25, 0.3) is 0 Å². The number of nitrogens with one attached hydrogen (secondary N) is 1. The lowest BCUT2D eigenvalue weighted by atomic mass is 10.1. The van der Waals surface area contributed by atoms with Crippen molar-refractivity contribution in [3.8, 4) is 5.75 Å². The summed E-state index contributed by atoms with van der Waals surface area (Å²) in [5.74, 6) is 0.903. The normalized spacial score (nSPS) is 10.4. The smallest absolute Gasteiger partial charge is 0.121 e. The van der Waals surface area contributed by atoms with E-state index < -0.39 is 0 Å². The first kappa shape index (κ1) is 15.4. The quantitative estimate of drug-likeness (QED) is 0.845. The molecule has 1 N–H and O–H groups in total. The van der Waals surface area contributed by atoms with Crippen LogP contribution in [0.15, 0.2) is 48.5 Å². The lowest BCUT2D eigenvalue weighted by Crippen LogP contribution is -2.10. The van der Waals surface area contributed by atoms with Gasteiger partial charge in [0, 0.05) is 25.8 Å². The summed E-state index contributed by atoms with van der Waals surface area (Å²) in [7, 11) is 6.04. The van der Waals surface area contributed by atoms with E-state index in [1.54, 1.807) is 0 Å². The lowest BCUT2D eigenvalue weighted by Gasteiger charge is -2.14. The molecule has 2 aromatic rings. The largest absolute Gasteiger partial charge is 0.489 e. The zero-order valence-corrected chi connectivity index (χ0v) is 13.1. The van der Waals surface area contributed by atoms with Gasteiger partial charge in [0.25, 0.3) is 0 Å². The van der Waals surface area contributed by atoms with Crippen LogP contribution in [0.2, 0.25) is 0 Å². The average molecular weight is 284 g/mol. The Hall–Kier alpha value is -2.00. The van der Waals surface area contributed by atoms with Gasteiger partial charge in [0.1, 0.15) is 12.4 Å². The fourth-order valence-corrected chi connectivity index (χ4v) is 2.09. The highest BCUT2D eigenvalue weighted by molar-refractivity contribution is 5.49. The number of benzene rings is 2. The molecular formula is C18H24N2O. The lowest BCUT2D eigenvalue weighted by molar-refractivity contribution is 0.306. The highest BCUT2D eigenvalue weighted by Gasteiger charge is 2.00. The molecule has 0 aromatic heterocycles. The SMILES string of the molecule is CNCCc1ccc(COc2cccc(N(C)C)c2)cc1. The molecule has 0 saturated carbocycles. The molecule has 0 amide bonds. The Labute approximate surface area is 127 Å². The fraction of sp³-hybridized carbons (Fsp3) is 0.333. The van der Waals surface area contributed by atoms with Gasteiger partial charge in [0.2, 0.25) is 0 Å². The van der Waals surface area contributed by atoms with Crippen LogP contribution in [0, 0.1) is 0 Å². The molecule has 0 aliphatic heterocycles. The minimum Gasteiger partial charge on any atom is -0.489 e. The van der Waals surface area contributed by atoms with E-state index in [0.717, 1.165) is 24.4 Å². The summed E-state index contributed by atoms with van der Waals surface area (Å²) >= 11 is 0. The van der Waals surface area contributed by atoms with E-state index in [1.165, 1.54) is 11.1 Å². The molecule has 2 aromatic carbocycles. The highest BCUT2D eigenvalue weighted by Crippen LogP contribution is 2.20. The Bertz CT molecular complexity index is 549. The van der Waals surface area contributed by atoms with Gasteiger partial charge in [-0.15, -0.1) is 0 Å². The van der Waals surface area contributed by atoms with Gasteiger partial charge < -0.3 is 15.0 Å². The summed E-state index contributed by atoms with van der Waals surface area (Å²) in [6, 6.07) is 16.8. The standard InChI is InChI=1S/C18H24N2O/c1-19-12-11-15-7-9-16(10-8-15)14-21-18-6-4-5-17(13-18)20(2)3/h4-10,13,19H,11-12,14H2,1-3H3. The Kier molecular flexibility index (Phi) is 5.64. The summed E-state index contributed by atoms with van der Waals surface area (Å²) in [5, 5.41) is 3.16. The molecule has 0 fully saturated rings. The first-order valence-corrected chi connectivity index (χ1v) is 7.31. The van der Waals surface area contributed by atoms with Gasteiger partial charge >= 0.3 is 0 Å². The molecule has 0 radical (unpaired) electrons.